The maximum atomic E-state index is 11.2. The minimum Gasteiger partial charge on any atom is -0.508 e. The van der Waals surface area contributed by atoms with Gasteiger partial charge in [-0.25, -0.2) is 0 Å². The Labute approximate surface area is 180 Å². The van der Waals surface area contributed by atoms with Crippen molar-refractivity contribution in [2.45, 2.75) is 82.4 Å². The normalized spacial score (nSPS) is 11.5. The van der Waals surface area contributed by atoms with E-state index in [2.05, 4.69) is 6.92 Å². The lowest BCUT2D eigenvalue weighted by atomic mass is 10.0. The van der Waals surface area contributed by atoms with Gasteiger partial charge in [-0.1, -0.05) is 64.7 Å². The van der Waals surface area contributed by atoms with Crippen molar-refractivity contribution in [3.63, 3.8) is 0 Å². The molecule has 0 amide bonds. The molecule has 2 rings (SSSR count). The molecular formula is C24H34O5S. The molecule has 0 atom stereocenters. The van der Waals surface area contributed by atoms with Gasteiger partial charge >= 0.3 is 0 Å². The number of hydrogen-bond acceptors (Lipinski definition) is 4. The van der Waals surface area contributed by atoms with Crippen LogP contribution in [0.4, 0.5) is 0 Å². The summed E-state index contributed by atoms with van der Waals surface area (Å²) in [5.74, 6) is 1.31. The van der Waals surface area contributed by atoms with Crippen LogP contribution in [-0.4, -0.2) is 18.1 Å². The van der Waals surface area contributed by atoms with Crippen LogP contribution < -0.4 is 4.74 Å². The summed E-state index contributed by atoms with van der Waals surface area (Å²) in [7, 11) is -4.22. The van der Waals surface area contributed by atoms with Gasteiger partial charge in [0.2, 0.25) is 0 Å². The molecule has 5 nitrogen and oxygen atoms in total. The molecule has 0 saturated carbocycles. The summed E-state index contributed by atoms with van der Waals surface area (Å²) in [5.41, 5.74) is 0.924. The van der Waals surface area contributed by atoms with Crippen LogP contribution >= 0.6 is 0 Å². The smallest absolute Gasteiger partial charge is 0.294 e. The van der Waals surface area contributed by atoms with Gasteiger partial charge in [0.15, 0.2) is 0 Å². The quantitative estimate of drug-likeness (QED) is 0.250. The maximum absolute atomic E-state index is 11.2. The number of ether oxygens (including phenoxy) is 1. The molecule has 0 radical (unpaired) electrons. The van der Waals surface area contributed by atoms with Crippen molar-refractivity contribution in [1.29, 1.82) is 0 Å². The fourth-order valence-electron chi connectivity index (χ4n) is 3.47. The summed E-state index contributed by atoms with van der Waals surface area (Å²) in [6.07, 6.45) is 13.5. The van der Waals surface area contributed by atoms with E-state index in [1.54, 1.807) is 18.2 Å². The summed E-state index contributed by atoms with van der Waals surface area (Å²) in [4.78, 5) is -0.175. The maximum Gasteiger partial charge on any atom is 0.294 e. The summed E-state index contributed by atoms with van der Waals surface area (Å²) < 4.78 is 37.3. The topological polar surface area (TPSA) is 83.8 Å². The largest absolute Gasteiger partial charge is 0.508 e. The van der Waals surface area contributed by atoms with Gasteiger partial charge in [0.05, 0.1) is 4.90 Å². The molecule has 6 heteroatoms. The van der Waals surface area contributed by atoms with Crippen LogP contribution in [0.5, 0.6) is 17.2 Å². The second kappa shape index (κ2) is 12.6. The Hall–Kier alpha value is -2.05. The van der Waals surface area contributed by atoms with Crippen LogP contribution in [0.15, 0.2) is 47.4 Å². The molecule has 166 valence electrons. The van der Waals surface area contributed by atoms with E-state index in [-0.39, 0.29) is 10.6 Å². The van der Waals surface area contributed by atoms with E-state index >= 15 is 0 Å². The third-order valence-corrected chi connectivity index (χ3v) is 6.06. The SMILES string of the molecule is CCCCCCCCCCCCc1cc(O)ccc1Oc1ccc(S(=O)(=O)O)cc1. The molecule has 0 bridgehead atoms. The highest BCUT2D eigenvalue weighted by Crippen LogP contribution is 2.30. The minimum atomic E-state index is -4.22. The van der Waals surface area contributed by atoms with Gasteiger partial charge in [-0.3, -0.25) is 4.55 Å². The van der Waals surface area contributed by atoms with Crippen LogP contribution in [-0.2, 0) is 16.5 Å². The zero-order chi connectivity index (χ0) is 21.8. The number of hydrogen-bond donors (Lipinski definition) is 2. The number of phenolic OH excluding ortho intramolecular Hbond substituents is 1. The fourth-order valence-corrected chi connectivity index (χ4v) is 3.95. The van der Waals surface area contributed by atoms with Crippen molar-refractivity contribution < 1.29 is 22.8 Å². The van der Waals surface area contributed by atoms with Gasteiger partial charge in [-0.15, -0.1) is 0 Å². The van der Waals surface area contributed by atoms with Crippen LogP contribution in [0.3, 0.4) is 0 Å². The highest BCUT2D eigenvalue weighted by Gasteiger charge is 2.11. The average molecular weight is 435 g/mol. The predicted molar refractivity (Wildman–Crippen MR) is 120 cm³/mol. The van der Waals surface area contributed by atoms with Crippen molar-refractivity contribution in [2.24, 2.45) is 0 Å². The van der Waals surface area contributed by atoms with E-state index in [1.807, 2.05) is 0 Å². The molecule has 2 aromatic carbocycles. The molecule has 0 fully saturated rings. The summed E-state index contributed by atoms with van der Waals surface area (Å²) in [5, 5.41) is 9.84. The van der Waals surface area contributed by atoms with Gasteiger partial charge in [-0.2, -0.15) is 8.42 Å². The molecule has 0 aliphatic rings. The van der Waals surface area contributed by atoms with Crippen LogP contribution in [0.25, 0.3) is 0 Å². The Morgan fingerprint density at radius 3 is 1.93 bits per heavy atom. The molecule has 0 aliphatic heterocycles. The molecule has 0 aromatic heterocycles. The zero-order valence-electron chi connectivity index (χ0n) is 17.8. The highest BCUT2D eigenvalue weighted by atomic mass is 32.2. The van der Waals surface area contributed by atoms with E-state index < -0.39 is 10.1 Å². The minimum absolute atomic E-state index is 0.175. The average Bonchev–Trinajstić information content (AvgIpc) is 2.71. The molecule has 2 aromatic rings. The van der Waals surface area contributed by atoms with E-state index in [0.29, 0.717) is 11.5 Å². The molecule has 0 spiro atoms. The van der Waals surface area contributed by atoms with Gasteiger partial charge in [-0.05, 0) is 60.9 Å². The van der Waals surface area contributed by atoms with Crippen molar-refractivity contribution in [2.75, 3.05) is 0 Å². The van der Waals surface area contributed by atoms with Crippen molar-refractivity contribution in [3.8, 4) is 17.2 Å². The standard InChI is InChI=1S/C24H34O5S/c1-2-3-4-5-6-7-8-9-10-11-12-20-19-21(25)13-18-24(20)29-22-14-16-23(17-15-22)30(26,27)28/h13-19,25H,2-12H2,1H3,(H,26,27,28). The molecular weight excluding hydrogens is 400 g/mol. The summed E-state index contributed by atoms with van der Waals surface area (Å²) in [6.45, 7) is 2.24. The monoisotopic (exact) mass is 434 g/mol. The summed E-state index contributed by atoms with van der Waals surface area (Å²) in [6, 6.07) is 10.6. The molecule has 0 aliphatic carbocycles. The molecule has 0 saturated heterocycles. The number of benzene rings is 2. The number of rotatable bonds is 14. The van der Waals surface area contributed by atoms with E-state index in [1.165, 1.54) is 75.6 Å². The summed E-state index contributed by atoms with van der Waals surface area (Å²) >= 11 is 0. The number of aromatic hydroxyl groups is 1. The Balaban J connectivity index is 1.81. The van der Waals surface area contributed by atoms with Crippen molar-refractivity contribution >= 4 is 10.1 Å². The van der Waals surface area contributed by atoms with Crippen LogP contribution in [0.1, 0.15) is 76.7 Å². The van der Waals surface area contributed by atoms with Crippen molar-refractivity contribution in [1.82, 2.24) is 0 Å². The van der Waals surface area contributed by atoms with Gasteiger partial charge in [0, 0.05) is 0 Å². The molecule has 0 heterocycles. The van der Waals surface area contributed by atoms with E-state index in [4.69, 9.17) is 9.29 Å². The lowest BCUT2D eigenvalue weighted by molar-refractivity contribution is 0.457. The first-order chi connectivity index (χ1) is 14.4. The third-order valence-electron chi connectivity index (χ3n) is 5.19. The lowest BCUT2D eigenvalue weighted by Gasteiger charge is -2.12. The van der Waals surface area contributed by atoms with E-state index in [9.17, 15) is 13.5 Å². The molecule has 0 unspecified atom stereocenters. The second-order valence-electron chi connectivity index (χ2n) is 7.77. The second-order valence-corrected chi connectivity index (χ2v) is 9.19. The first kappa shape index (κ1) is 24.2. The first-order valence-corrected chi connectivity index (χ1v) is 12.4. The molecule has 30 heavy (non-hydrogen) atoms. The van der Waals surface area contributed by atoms with E-state index in [0.717, 1.165) is 24.8 Å². The number of aryl methyl sites for hydroxylation is 1. The Bertz CT molecular complexity index is 860. The van der Waals surface area contributed by atoms with Crippen LogP contribution in [0.2, 0.25) is 0 Å². The third kappa shape index (κ3) is 8.76. The Morgan fingerprint density at radius 1 is 0.800 bits per heavy atom. The van der Waals surface area contributed by atoms with Gasteiger partial charge in [0.25, 0.3) is 10.1 Å². The van der Waals surface area contributed by atoms with Crippen LogP contribution in [0, 0.1) is 0 Å². The van der Waals surface area contributed by atoms with Crippen molar-refractivity contribution in [3.05, 3.63) is 48.0 Å². The van der Waals surface area contributed by atoms with Gasteiger partial charge < -0.3 is 9.84 Å². The molecule has 2 N–H and O–H groups in total. The van der Waals surface area contributed by atoms with Gasteiger partial charge in [0.1, 0.15) is 17.2 Å². The zero-order valence-corrected chi connectivity index (χ0v) is 18.7. The first-order valence-electron chi connectivity index (χ1n) is 11.0. The highest BCUT2D eigenvalue weighted by molar-refractivity contribution is 7.85. The number of unbranched alkanes of at least 4 members (excludes halogenated alkanes) is 9. The lowest BCUT2D eigenvalue weighted by Crippen LogP contribution is -1.98. The fraction of sp³-hybridized carbons (Fsp3) is 0.500. The predicted octanol–water partition coefficient (Wildman–Crippen LogP) is 6.89. The number of phenols is 1. The Morgan fingerprint density at radius 2 is 1.37 bits per heavy atom. The Kier molecular flexibility index (Phi) is 10.2.